The van der Waals surface area contributed by atoms with Gasteiger partial charge in [0.25, 0.3) is 0 Å². The summed E-state index contributed by atoms with van der Waals surface area (Å²) < 4.78 is 23.1. The Labute approximate surface area is 188 Å². The molecule has 176 valence electrons. The lowest BCUT2D eigenvalue weighted by atomic mass is 10.1. The highest BCUT2D eigenvalue weighted by Gasteiger charge is 2.20. The fourth-order valence-electron chi connectivity index (χ4n) is 3.24. The lowest BCUT2D eigenvalue weighted by molar-refractivity contribution is 0.369. The molecule has 6 heteroatoms. The summed E-state index contributed by atoms with van der Waals surface area (Å²) in [6, 6.07) is 5.14. The number of hydrogen-bond acceptors (Lipinski definition) is 3. The summed E-state index contributed by atoms with van der Waals surface area (Å²) in [5.41, 5.74) is 0.436. The predicted octanol–water partition coefficient (Wildman–Crippen LogP) is 7.87. The van der Waals surface area contributed by atoms with Crippen LogP contribution in [0, 0.1) is 0 Å². The van der Waals surface area contributed by atoms with E-state index in [1.165, 1.54) is 51.4 Å². The molecule has 1 aromatic rings. The number of ether oxygens (including phenoxy) is 2. The van der Waals surface area contributed by atoms with Crippen LogP contribution in [0.4, 0.5) is 0 Å². The number of para-hydroxylation sites is 1. The minimum absolute atomic E-state index is 0.362. The van der Waals surface area contributed by atoms with E-state index in [-0.39, 0.29) is 6.16 Å². The molecule has 0 bridgehead atoms. The summed E-state index contributed by atoms with van der Waals surface area (Å²) in [5, 5.41) is 0. The van der Waals surface area contributed by atoms with Gasteiger partial charge in [-0.2, -0.15) is 0 Å². The van der Waals surface area contributed by atoms with Crippen LogP contribution in [0.1, 0.15) is 96.5 Å². The van der Waals surface area contributed by atoms with Crippen LogP contribution in [0.15, 0.2) is 42.9 Å². The Hall–Kier alpha value is -1.55. The zero-order chi connectivity index (χ0) is 22.8. The van der Waals surface area contributed by atoms with Gasteiger partial charge < -0.3 is 19.3 Å². The monoisotopic (exact) mass is 452 g/mol. The van der Waals surface area contributed by atoms with Crippen LogP contribution in [0.3, 0.4) is 0 Å². The van der Waals surface area contributed by atoms with Gasteiger partial charge >= 0.3 is 7.60 Å². The molecule has 0 saturated heterocycles. The zero-order valence-corrected chi connectivity index (χ0v) is 20.2. The summed E-state index contributed by atoms with van der Waals surface area (Å²) in [7, 11) is -4.22. The fraction of sp³-hybridized carbons (Fsp3) is 0.600. The maximum absolute atomic E-state index is 11.5. The topological polar surface area (TPSA) is 76.0 Å². The van der Waals surface area contributed by atoms with E-state index >= 15 is 0 Å². The number of allylic oxidation sites excluding steroid dienone is 2. The molecule has 0 spiro atoms. The van der Waals surface area contributed by atoms with Crippen LogP contribution in [0.25, 0.3) is 0 Å². The third-order valence-corrected chi connectivity index (χ3v) is 5.71. The predicted molar refractivity (Wildman–Crippen MR) is 128 cm³/mol. The smallest absolute Gasteiger partial charge is 0.330 e. The minimum Gasteiger partial charge on any atom is -0.461 e. The molecule has 0 saturated carbocycles. The van der Waals surface area contributed by atoms with E-state index in [9.17, 15) is 14.4 Å². The van der Waals surface area contributed by atoms with Crippen molar-refractivity contribution in [2.24, 2.45) is 0 Å². The Morgan fingerprint density at radius 2 is 1.35 bits per heavy atom. The highest BCUT2D eigenvalue weighted by atomic mass is 31.2. The molecule has 0 heterocycles. The fourth-order valence-corrected chi connectivity index (χ4v) is 3.93. The number of hydrogen-bond donors (Lipinski definition) is 2. The lowest BCUT2D eigenvalue weighted by Gasteiger charge is -2.13. The molecule has 0 aliphatic carbocycles. The molecule has 0 fully saturated rings. The molecule has 0 aromatic heterocycles. The summed E-state index contributed by atoms with van der Waals surface area (Å²) in [6.07, 6.45) is 20.8. The van der Waals surface area contributed by atoms with E-state index in [1.54, 1.807) is 30.7 Å². The average molecular weight is 453 g/mol. The van der Waals surface area contributed by atoms with Crippen LogP contribution in [0.2, 0.25) is 0 Å². The average Bonchev–Trinajstić information content (AvgIpc) is 2.72. The van der Waals surface area contributed by atoms with E-state index in [4.69, 9.17) is 9.47 Å². The lowest BCUT2D eigenvalue weighted by Crippen LogP contribution is -1.96. The second-order valence-electron chi connectivity index (χ2n) is 7.95. The van der Waals surface area contributed by atoms with Crippen molar-refractivity contribution in [3.63, 3.8) is 0 Å². The molecule has 0 amide bonds. The Morgan fingerprint density at radius 1 is 0.806 bits per heavy atom. The van der Waals surface area contributed by atoms with Gasteiger partial charge in [-0.3, -0.25) is 4.57 Å². The zero-order valence-electron chi connectivity index (χ0n) is 19.3. The first-order valence-electron chi connectivity index (χ1n) is 11.8. The number of unbranched alkanes of at least 4 members (excludes halogenated alkanes) is 10. The molecule has 2 N–H and O–H groups in total. The van der Waals surface area contributed by atoms with Gasteiger partial charge in [0.1, 0.15) is 0 Å². The molecule has 1 rings (SSSR count). The Morgan fingerprint density at radius 3 is 1.90 bits per heavy atom. The molecule has 5 nitrogen and oxygen atoms in total. The molecule has 0 unspecified atom stereocenters. The van der Waals surface area contributed by atoms with Crippen molar-refractivity contribution in [3.05, 3.63) is 48.4 Å². The van der Waals surface area contributed by atoms with Crippen molar-refractivity contribution in [1.29, 1.82) is 0 Å². The van der Waals surface area contributed by atoms with E-state index in [2.05, 4.69) is 13.8 Å². The van der Waals surface area contributed by atoms with Gasteiger partial charge in [0.2, 0.25) is 0 Å². The minimum atomic E-state index is -4.22. The van der Waals surface area contributed by atoms with Gasteiger partial charge in [0.05, 0.1) is 18.7 Å². The first-order chi connectivity index (χ1) is 15.0. The van der Waals surface area contributed by atoms with E-state index in [1.807, 2.05) is 12.2 Å². The summed E-state index contributed by atoms with van der Waals surface area (Å²) in [5.74, 6) is 0.821. The molecule has 31 heavy (non-hydrogen) atoms. The molecular formula is C25H41O5P. The highest BCUT2D eigenvalue weighted by Crippen LogP contribution is 2.44. The molecule has 0 aliphatic heterocycles. The highest BCUT2D eigenvalue weighted by molar-refractivity contribution is 7.50. The Balaban J connectivity index is 2.67. The van der Waals surface area contributed by atoms with Gasteiger partial charge in [0.15, 0.2) is 11.5 Å². The van der Waals surface area contributed by atoms with Crippen LogP contribution in [0.5, 0.6) is 11.5 Å². The standard InChI is InChI=1S/C25H41O5P/c1-3-5-7-9-11-13-15-20-29-24-19-17-18-23(22-31(26,27)28)25(24)30-21-16-14-12-10-8-6-4-2/h15-21H,3-14,22H2,1-2H3,(H2,26,27,28)/b20-15+,21-16+. The van der Waals surface area contributed by atoms with Crippen LogP contribution >= 0.6 is 7.60 Å². The molecule has 0 aliphatic rings. The summed E-state index contributed by atoms with van der Waals surface area (Å²) >= 11 is 0. The van der Waals surface area contributed by atoms with Crippen LogP contribution in [-0.4, -0.2) is 9.79 Å². The Kier molecular flexibility index (Phi) is 15.1. The van der Waals surface area contributed by atoms with Gasteiger partial charge in [-0.15, -0.1) is 0 Å². The third-order valence-electron chi connectivity index (χ3n) is 4.96. The Bertz CT molecular complexity index is 693. The maximum atomic E-state index is 11.5. The first kappa shape index (κ1) is 27.5. The van der Waals surface area contributed by atoms with E-state index in [0.717, 1.165) is 25.7 Å². The van der Waals surface area contributed by atoms with Gasteiger partial charge in [-0.05, 0) is 43.9 Å². The van der Waals surface area contributed by atoms with Crippen molar-refractivity contribution in [3.8, 4) is 11.5 Å². The van der Waals surface area contributed by atoms with Crippen molar-refractivity contribution in [2.75, 3.05) is 0 Å². The first-order valence-corrected chi connectivity index (χ1v) is 13.6. The summed E-state index contributed by atoms with van der Waals surface area (Å²) in [6.45, 7) is 4.40. The van der Waals surface area contributed by atoms with Gasteiger partial charge in [-0.1, -0.05) is 77.3 Å². The van der Waals surface area contributed by atoms with Crippen molar-refractivity contribution >= 4 is 7.60 Å². The van der Waals surface area contributed by atoms with Crippen molar-refractivity contribution in [2.45, 2.75) is 97.1 Å². The van der Waals surface area contributed by atoms with Crippen molar-refractivity contribution in [1.82, 2.24) is 0 Å². The molecular weight excluding hydrogens is 411 g/mol. The van der Waals surface area contributed by atoms with Gasteiger partial charge in [0, 0.05) is 5.56 Å². The van der Waals surface area contributed by atoms with Crippen molar-refractivity contribution < 1.29 is 23.8 Å². The van der Waals surface area contributed by atoms with Gasteiger partial charge in [-0.25, -0.2) is 0 Å². The third kappa shape index (κ3) is 14.2. The SMILES string of the molecule is CCCCCCC/C=C/Oc1cccc(CP(=O)(O)O)c1O/C=C/CCCCCCC. The second-order valence-corrected chi connectivity index (χ2v) is 9.60. The number of rotatable bonds is 18. The molecule has 1 aromatic carbocycles. The molecule has 0 radical (unpaired) electrons. The number of benzene rings is 1. The second kappa shape index (κ2) is 17.1. The van der Waals surface area contributed by atoms with E-state index in [0.29, 0.717) is 17.1 Å². The quantitative estimate of drug-likeness (QED) is 0.135. The molecule has 0 atom stereocenters. The summed E-state index contributed by atoms with van der Waals surface area (Å²) in [4.78, 5) is 18.8. The maximum Gasteiger partial charge on any atom is 0.330 e. The van der Waals surface area contributed by atoms with Crippen LogP contribution in [-0.2, 0) is 10.7 Å². The van der Waals surface area contributed by atoms with E-state index < -0.39 is 7.60 Å². The van der Waals surface area contributed by atoms with Crippen LogP contribution < -0.4 is 9.47 Å². The largest absolute Gasteiger partial charge is 0.461 e. The normalized spacial score (nSPS) is 12.1.